The Kier molecular flexibility index (Phi) is 9.45. The number of carbonyl (C=O) groups is 1. The van der Waals surface area contributed by atoms with Crippen molar-refractivity contribution in [2.45, 2.75) is 77.8 Å². The van der Waals surface area contributed by atoms with Crippen LogP contribution in [0.25, 0.3) is 0 Å². The van der Waals surface area contributed by atoms with Crippen molar-refractivity contribution in [2.75, 3.05) is 33.7 Å². The van der Waals surface area contributed by atoms with E-state index in [1.54, 1.807) is 0 Å². The molecule has 1 heterocycles. The van der Waals surface area contributed by atoms with Gasteiger partial charge in [0.15, 0.2) is 0 Å². The zero-order valence-corrected chi connectivity index (χ0v) is 18.6. The van der Waals surface area contributed by atoms with E-state index in [2.05, 4.69) is 59.3 Å². The molecular weight excluding hydrogens is 350 g/mol. The number of hydrogen-bond acceptors (Lipinski definition) is 4. The first-order valence-electron chi connectivity index (χ1n) is 11.1. The van der Waals surface area contributed by atoms with Crippen molar-refractivity contribution in [1.82, 2.24) is 25.3 Å². The third-order valence-corrected chi connectivity index (χ3v) is 6.06. The second kappa shape index (κ2) is 11.6. The molecule has 0 aliphatic heterocycles. The molecule has 6 nitrogen and oxygen atoms in total. The van der Waals surface area contributed by atoms with Crippen molar-refractivity contribution in [3.05, 3.63) is 17.5 Å². The molecule has 160 valence electrons. The van der Waals surface area contributed by atoms with Crippen molar-refractivity contribution >= 4 is 5.91 Å². The molecule has 0 aromatic carbocycles. The van der Waals surface area contributed by atoms with Crippen LogP contribution in [0.15, 0.2) is 6.20 Å². The highest BCUT2D eigenvalue weighted by Gasteiger charge is 2.30. The highest BCUT2D eigenvalue weighted by molar-refractivity contribution is 5.76. The molecule has 1 aromatic heterocycles. The van der Waals surface area contributed by atoms with Crippen LogP contribution in [-0.4, -0.2) is 65.7 Å². The molecule has 28 heavy (non-hydrogen) atoms. The lowest BCUT2D eigenvalue weighted by molar-refractivity contribution is -0.134. The number of nitrogens with zero attached hydrogens (tertiary/aromatic N) is 3. The molecule has 2 N–H and O–H groups in total. The number of hydrogen-bond donors (Lipinski definition) is 2. The van der Waals surface area contributed by atoms with E-state index in [9.17, 15) is 4.79 Å². The molecule has 2 rings (SSSR count). The summed E-state index contributed by atoms with van der Waals surface area (Å²) in [6, 6.07) is 0.404. The maximum atomic E-state index is 12.6. The Morgan fingerprint density at radius 3 is 2.64 bits per heavy atom. The van der Waals surface area contributed by atoms with Crippen molar-refractivity contribution in [2.24, 2.45) is 5.92 Å². The summed E-state index contributed by atoms with van der Waals surface area (Å²) in [5, 5.41) is 10.9. The zero-order valence-electron chi connectivity index (χ0n) is 18.6. The third kappa shape index (κ3) is 6.59. The average Bonchev–Trinajstić information content (AvgIpc) is 3.13. The average molecular weight is 392 g/mol. The summed E-state index contributed by atoms with van der Waals surface area (Å²) in [6.45, 7) is 10.3. The van der Waals surface area contributed by atoms with Gasteiger partial charge in [-0.3, -0.25) is 9.89 Å². The summed E-state index contributed by atoms with van der Waals surface area (Å²) in [7, 11) is 4.15. The lowest BCUT2D eigenvalue weighted by Crippen LogP contribution is -2.42. The van der Waals surface area contributed by atoms with Gasteiger partial charge in [-0.15, -0.1) is 0 Å². The molecule has 1 aliphatic rings. The minimum absolute atomic E-state index is 0.339. The van der Waals surface area contributed by atoms with Gasteiger partial charge >= 0.3 is 0 Å². The normalized spacial score (nSPS) is 20.1. The summed E-state index contributed by atoms with van der Waals surface area (Å²) >= 11 is 0. The first-order valence-corrected chi connectivity index (χ1v) is 11.1. The Morgan fingerprint density at radius 1 is 1.32 bits per heavy atom. The van der Waals surface area contributed by atoms with Crippen LogP contribution in [-0.2, 0) is 11.3 Å². The Balaban J connectivity index is 1.89. The van der Waals surface area contributed by atoms with Crippen molar-refractivity contribution in [1.29, 1.82) is 0 Å². The minimum atomic E-state index is 0.339. The molecule has 1 saturated carbocycles. The number of amides is 1. The fraction of sp³-hybridized carbons (Fsp3) is 0.818. The van der Waals surface area contributed by atoms with Crippen LogP contribution < -0.4 is 5.32 Å². The summed E-state index contributed by atoms with van der Waals surface area (Å²) in [4.78, 5) is 17.1. The van der Waals surface area contributed by atoms with E-state index in [-0.39, 0.29) is 0 Å². The van der Waals surface area contributed by atoms with Gasteiger partial charge in [-0.2, -0.15) is 5.10 Å². The number of nitrogens with one attached hydrogen (secondary N) is 2. The SMILES string of the molecule is CCN(C(=O)CCC(C)C)[C@H]1CC[C@H](c2n[nH]cc2CN(C)CCNC)CC1. The summed E-state index contributed by atoms with van der Waals surface area (Å²) in [5.41, 5.74) is 2.56. The van der Waals surface area contributed by atoms with E-state index in [4.69, 9.17) is 0 Å². The standard InChI is InChI=1S/C22H41N5O/c1-6-27(21(28)12-7-17(2)3)20-10-8-18(9-11-20)22-19(15-24-25-22)16-26(5)14-13-23-4/h15,17-18,20,23H,6-14,16H2,1-5H3,(H,24,25)/t18-,20-. The van der Waals surface area contributed by atoms with Crippen LogP contribution in [0.3, 0.4) is 0 Å². The minimum Gasteiger partial charge on any atom is -0.340 e. The number of rotatable bonds is 11. The summed E-state index contributed by atoms with van der Waals surface area (Å²) < 4.78 is 0. The van der Waals surface area contributed by atoms with E-state index < -0.39 is 0 Å². The van der Waals surface area contributed by atoms with E-state index in [1.807, 2.05) is 7.05 Å². The maximum absolute atomic E-state index is 12.6. The lowest BCUT2D eigenvalue weighted by atomic mass is 9.82. The fourth-order valence-electron chi connectivity index (χ4n) is 4.33. The molecule has 0 saturated heterocycles. The first kappa shape index (κ1) is 22.9. The Morgan fingerprint density at radius 2 is 2.04 bits per heavy atom. The predicted molar refractivity (Wildman–Crippen MR) is 115 cm³/mol. The molecule has 0 unspecified atom stereocenters. The number of aromatic nitrogens is 2. The van der Waals surface area contributed by atoms with Crippen LogP contribution in [0.2, 0.25) is 0 Å². The van der Waals surface area contributed by atoms with Gasteiger partial charge in [0.2, 0.25) is 5.91 Å². The molecule has 0 atom stereocenters. The van der Waals surface area contributed by atoms with Gasteiger partial charge in [0.05, 0.1) is 5.69 Å². The Bertz CT molecular complexity index is 577. The van der Waals surface area contributed by atoms with Crippen molar-refractivity contribution in [3.63, 3.8) is 0 Å². The van der Waals surface area contributed by atoms with Gasteiger partial charge in [0.25, 0.3) is 0 Å². The molecule has 6 heteroatoms. The third-order valence-electron chi connectivity index (χ3n) is 6.06. The quantitative estimate of drug-likeness (QED) is 0.607. The van der Waals surface area contributed by atoms with Crippen LogP contribution in [0.5, 0.6) is 0 Å². The topological polar surface area (TPSA) is 64.3 Å². The highest BCUT2D eigenvalue weighted by Crippen LogP contribution is 2.35. The van der Waals surface area contributed by atoms with E-state index in [0.29, 0.717) is 30.2 Å². The molecule has 1 fully saturated rings. The Labute approximate surface area is 171 Å². The molecule has 0 bridgehead atoms. The van der Waals surface area contributed by atoms with Crippen LogP contribution >= 0.6 is 0 Å². The highest BCUT2D eigenvalue weighted by atomic mass is 16.2. The van der Waals surface area contributed by atoms with Gasteiger partial charge in [0, 0.05) is 56.3 Å². The zero-order chi connectivity index (χ0) is 20.5. The number of aromatic amines is 1. The maximum Gasteiger partial charge on any atom is 0.222 e. The molecular formula is C22H41N5O. The lowest BCUT2D eigenvalue weighted by Gasteiger charge is -2.36. The number of likely N-dealkylation sites (N-methyl/N-ethyl adjacent to an activating group) is 2. The fourth-order valence-corrected chi connectivity index (χ4v) is 4.33. The van der Waals surface area contributed by atoms with Crippen LogP contribution in [0, 0.1) is 5.92 Å². The van der Waals surface area contributed by atoms with Crippen LogP contribution in [0.1, 0.15) is 76.5 Å². The van der Waals surface area contributed by atoms with Gasteiger partial charge in [-0.1, -0.05) is 13.8 Å². The van der Waals surface area contributed by atoms with E-state index in [0.717, 1.165) is 58.3 Å². The summed E-state index contributed by atoms with van der Waals surface area (Å²) in [6.07, 6.45) is 8.16. The summed E-state index contributed by atoms with van der Waals surface area (Å²) in [5.74, 6) is 1.44. The first-order chi connectivity index (χ1) is 13.5. The van der Waals surface area contributed by atoms with Gasteiger partial charge < -0.3 is 15.1 Å². The Hall–Kier alpha value is -1.40. The van der Waals surface area contributed by atoms with E-state index in [1.165, 1.54) is 11.3 Å². The van der Waals surface area contributed by atoms with Gasteiger partial charge in [-0.25, -0.2) is 0 Å². The molecule has 1 aromatic rings. The second-order valence-corrected chi connectivity index (χ2v) is 8.75. The number of H-pyrrole nitrogens is 1. The predicted octanol–water partition coefficient (Wildman–Crippen LogP) is 3.37. The smallest absolute Gasteiger partial charge is 0.222 e. The monoisotopic (exact) mass is 391 g/mol. The van der Waals surface area contributed by atoms with E-state index >= 15 is 0 Å². The van der Waals surface area contributed by atoms with Crippen LogP contribution in [0.4, 0.5) is 0 Å². The molecule has 1 aliphatic carbocycles. The van der Waals surface area contributed by atoms with Gasteiger partial charge in [-0.05, 0) is 59.0 Å². The largest absolute Gasteiger partial charge is 0.340 e. The van der Waals surface area contributed by atoms with Crippen molar-refractivity contribution < 1.29 is 4.79 Å². The molecule has 0 spiro atoms. The van der Waals surface area contributed by atoms with Gasteiger partial charge in [0.1, 0.15) is 0 Å². The number of carbonyl (C=O) groups excluding carboxylic acids is 1. The second-order valence-electron chi connectivity index (χ2n) is 8.75. The van der Waals surface area contributed by atoms with Crippen molar-refractivity contribution in [3.8, 4) is 0 Å². The molecule has 0 radical (unpaired) electrons. The molecule has 1 amide bonds.